The summed E-state index contributed by atoms with van der Waals surface area (Å²) >= 11 is 0. The summed E-state index contributed by atoms with van der Waals surface area (Å²) in [7, 11) is 0. The van der Waals surface area contributed by atoms with Crippen molar-refractivity contribution in [3.8, 4) is 5.88 Å². The summed E-state index contributed by atoms with van der Waals surface area (Å²) < 4.78 is 5.52. The molecule has 4 heteroatoms. The van der Waals surface area contributed by atoms with E-state index in [2.05, 4.69) is 54.3 Å². The minimum Gasteiger partial charge on any atom is -0.478 e. The molecule has 0 saturated heterocycles. The maximum atomic E-state index is 5.52. The second-order valence-corrected chi connectivity index (χ2v) is 4.81. The Morgan fingerprint density at radius 2 is 2.05 bits per heavy atom. The van der Waals surface area contributed by atoms with Crippen LogP contribution in [0.2, 0.25) is 0 Å². The molecule has 0 spiro atoms. The number of ether oxygens (including phenoxy) is 1. The van der Waals surface area contributed by atoms with Crippen LogP contribution in [0.1, 0.15) is 37.4 Å². The van der Waals surface area contributed by atoms with Gasteiger partial charge in [-0.25, -0.2) is 9.97 Å². The molecule has 1 N–H and O–H groups in total. The molecule has 0 saturated carbocycles. The second kappa shape index (κ2) is 6.89. The van der Waals surface area contributed by atoms with E-state index in [4.69, 9.17) is 4.74 Å². The Hall–Kier alpha value is -2.10. The van der Waals surface area contributed by atoms with Gasteiger partial charge in [0.2, 0.25) is 5.88 Å². The molecule has 1 aromatic heterocycles. The molecular weight excluding hydrogens is 250 g/mol. The first-order valence-electron chi connectivity index (χ1n) is 6.97. The molecular formula is C16H21N3O. The van der Waals surface area contributed by atoms with Crippen LogP contribution in [0.5, 0.6) is 5.88 Å². The van der Waals surface area contributed by atoms with E-state index in [9.17, 15) is 0 Å². The predicted molar refractivity (Wildman–Crippen MR) is 81.0 cm³/mol. The van der Waals surface area contributed by atoms with E-state index in [0.29, 0.717) is 12.5 Å². The number of hydrogen-bond acceptors (Lipinski definition) is 4. The third-order valence-corrected chi connectivity index (χ3v) is 3.12. The molecule has 1 atom stereocenters. The topological polar surface area (TPSA) is 47.0 Å². The van der Waals surface area contributed by atoms with Gasteiger partial charge in [0.15, 0.2) is 0 Å². The lowest BCUT2D eigenvalue weighted by Crippen LogP contribution is -2.10. The van der Waals surface area contributed by atoms with Gasteiger partial charge in [-0.2, -0.15) is 0 Å². The van der Waals surface area contributed by atoms with Gasteiger partial charge in [0.25, 0.3) is 0 Å². The number of anilines is 1. The van der Waals surface area contributed by atoms with E-state index >= 15 is 0 Å². The molecule has 106 valence electrons. The molecule has 0 aliphatic carbocycles. The van der Waals surface area contributed by atoms with Crippen LogP contribution in [0.15, 0.2) is 36.7 Å². The van der Waals surface area contributed by atoms with Gasteiger partial charge in [-0.3, -0.25) is 0 Å². The Bertz CT molecular complexity index is 557. The van der Waals surface area contributed by atoms with E-state index in [1.165, 1.54) is 17.5 Å². The molecule has 0 aliphatic heterocycles. The summed E-state index contributed by atoms with van der Waals surface area (Å²) in [5, 5.41) is 3.38. The van der Waals surface area contributed by atoms with Crippen LogP contribution in [0.25, 0.3) is 0 Å². The van der Waals surface area contributed by atoms with Crippen molar-refractivity contribution in [2.75, 3.05) is 11.9 Å². The highest BCUT2D eigenvalue weighted by molar-refractivity contribution is 5.41. The van der Waals surface area contributed by atoms with Crippen molar-refractivity contribution in [2.24, 2.45) is 0 Å². The minimum absolute atomic E-state index is 0.185. The first-order valence-corrected chi connectivity index (χ1v) is 6.97. The van der Waals surface area contributed by atoms with E-state index < -0.39 is 0 Å². The van der Waals surface area contributed by atoms with Gasteiger partial charge >= 0.3 is 0 Å². The van der Waals surface area contributed by atoms with E-state index in [0.717, 1.165) is 12.2 Å². The van der Waals surface area contributed by atoms with Crippen molar-refractivity contribution in [3.63, 3.8) is 0 Å². The molecule has 0 radical (unpaired) electrons. The molecule has 4 nitrogen and oxygen atoms in total. The molecule has 1 aromatic carbocycles. The van der Waals surface area contributed by atoms with E-state index in [1.807, 2.05) is 12.1 Å². The molecule has 0 fully saturated rings. The highest BCUT2D eigenvalue weighted by atomic mass is 16.5. The number of nitrogens with zero attached hydrogens (tertiary/aromatic N) is 2. The van der Waals surface area contributed by atoms with Crippen molar-refractivity contribution < 1.29 is 4.74 Å². The van der Waals surface area contributed by atoms with Crippen LogP contribution in [0.4, 0.5) is 5.82 Å². The Kier molecular flexibility index (Phi) is 4.93. The van der Waals surface area contributed by atoms with Crippen LogP contribution in [0.3, 0.4) is 0 Å². The number of hydrogen-bond donors (Lipinski definition) is 1. The Labute approximate surface area is 120 Å². The maximum Gasteiger partial charge on any atom is 0.218 e. The van der Waals surface area contributed by atoms with Crippen LogP contribution in [-0.2, 0) is 0 Å². The average molecular weight is 271 g/mol. The number of aryl methyl sites for hydroxylation is 1. The molecule has 0 amide bonds. The van der Waals surface area contributed by atoms with Gasteiger partial charge < -0.3 is 10.1 Å². The fourth-order valence-electron chi connectivity index (χ4n) is 2.08. The van der Waals surface area contributed by atoms with Gasteiger partial charge in [0.05, 0.1) is 12.6 Å². The SMILES string of the molecule is CCCOc1cc(NC(C)c2ccccc2C)ncn1. The average Bonchev–Trinajstić information content (AvgIpc) is 2.46. The Balaban J connectivity index is 2.08. The van der Waals surface area contributed by atoms with Gasteiger partial charge in [-0.15, -0.1) is 0 Å². The zero-order valence-corrected chi connectivity index (χ0v) is 12.3. The number of aromatic nitrogens is 2. The first kappa shape index (κ1) is 14.3. The minimum atomic E-state index is 0.185. The highest BCUT2D eigenvalue weighted by Crippen LogP contribution is 2.22. The summed E-state index contributed by atoms with van der Waals surface area (Å²) in [6, 6.07) is 10.4. The van der Waals surface area contributed by atoms with Crippen molar-refractivity contribution in [3.05, 3.63) is 47.8 Å². The van der Waals surface area contributed by atoms with Crippen molar-refractivity contribution in [1.29, 1.82) is 0 Å². The third kappa shape index (κ3) is 3.70. The molecule has 1 unspecified atom stereocenters. The summed E-state index contributed by atoms with van der Waals surface area (Å²) in [5.74, 6) is 1.39. The lowest BCUT2D eigenvalue weighted by Gasteiger charge is -2.17. The normalized spacial score (nSPS) is 11.9. The quantitative estimate of drug-likeness (QED) is 0.869. The monoisotopic (exact) mass is 271 g/mol. The number of rotatable bonds is 6. The van der Waals surface area contributed by atoms with Crippen LogP contribution in [-0.4, -0.2) is 16.6 Å². The highest BCUT2D eigenvalue weighted by Gasteiger charge is 2.09. The molecule has 0 bridgehead atoms. The van der Waals surface area contributed by atoms with Crippen molar-refractivity contribution >= 4 is 5.82 Å². The number of benzene rings is 1. The smallest absolute Gasteiger partial charge is 0.218 e. The molecule has 20 heavy (non-hydrogen) atoms. The fourth-order valence-corrected chi connectivity index (χ4v) is 2.08. The molecule has 2 aromatic rings. The van der Waals surface area contributed by atoms with E-state index in [-0.39, 0.29) is 6.04 Å². The Morgan fingerprint density at radius 1 is 1.25 bits per heavy atom. The zero-order valence-electron chi connectivity index (χ0n) is 12.3. The van der Waals surface area contributed by atoms with Gasteiger partial charge in [0, 0.05) is 6.07 Å². The van der Waals surface area contributed by atoms with Crippen LogP contribution < -0.4 is 10.1 Å². The first-order chi connectivity index (χ1) is 9.70. The fraction of sp³-hybridized carbons (Fsp3) is 0.375. The summed E-state index contributed by atoms with van der Waals surface area (Å²) in [4.78, 5) is 8.34. The summed E-state index contributed by atoms with van der Waals surface area (Å²) in [6.45, 7) is 6.98. The molecule has 2 rings (SSSR count). The summed E-state index contributed by atoms with van der Waals surface area (Å²) in [5.41, 5.74) is 2.53. The van der Waals surface area contributed by atoms with E-state index in [1.54, 1.807) is 0 Å². The number of nitrogens with one attached hydrogen (secondary N) is 1. The zero-order chi connectivity index (χ0) is 14.4. The summed E-state index contributed by atoms with van der Waals surface area (Å²) in [6.07, 6.45) is 2.49. The lowest BCUT2D eigenvalue weighted by molar-refractivity contribution is 0.305. The maximum absolute atomic E-state index is 5.52. The van der Waals surface area contributed by atoms with Gasteiger partial charge in [-0.05, 0) is 31.4 Å². The van der Waals surface area contributed by atoms with Gasteiger partial charge in [0.1, 0.15) is 12.1 Å². The largest absolute Gasteiger partial charge is 0.478 e. The van der Waals surface area contributed by atoms with Crippen LogP contribution >= 0.6 is 0 Å². The van der Waals surface area contributed by atoms with Gasteiger partial charge in [-0.1, -0.05) is 31.2 Å². The predicted octanol–water partition coefficient (Wildman–Crippen LogP) is 3.75. The molecule has 1 heterocycles. The molecule has 0 aliphatic rings. The lowest BCUT2D eigenvalue weighted by atomic mass is 10.0. The van der Waals surface area contributed by atoms with Crippen LogP contribution in [0, 0.1) is 6.92 Å². The third-order valence-electron chi connectivity index (χ3n) is 3.12. The van der Waals surface area contributed by atoms with Crippen molar-refractivity contribution in [1.82, 2.24) is 9.97 Å². The second-order valence-electron chi connectivity index (χ2n) is 4.81. The Morgan fingerprint density at radius 3 is 2.80 bits per heavy atom. The standard InChI is InChI=1S/C16H21N3O/c1-4-9-20-16-10-15(17-11-18-16)19-13(3)14-8-6-5-7-12(14)2/h5-8,10-11,13H,4,9H2,1-3H3,(H,17,18,19). The van der Waals surface area contributed by atoms with Crippen molar-refractivity contribution in [2.45, 2.75) is 33.2 Å².